The first-order valence-corrected chi connectivity index (χ1v) is 7.99. The third kappa shape index (κ3) is 3.00. The lowest BCUT2D eigenvalue weighted by Crippen LogP contribution is -2.11. The van der Waals surface area contributed by atoms with E-state index in [1.165, 1.54) is 0 Å². The summed E-state index contributed by atoms with van der Waals surface area (Å²) < 4.78 is 16.5. The molecule has 0 spiro atoms. The van der Waals surface area contributed by atoms with Crippen molar-refractivity contribution in [2.45, 2.75) is 0 Å². The van der Waals surface area contributed by atoms with Crippen LogP contribution in [0.2, 0.25) is 5.02 Å². The largest absolute Gasteiger partial charge is 0.493 e. The number of carbonyl (C=O) groups excluding carboxylic acids is 1. The number of anilines is 1. The van der Waals surface area contributed by atoms with Crippen LogP contribution < -0.4 is 10.1 Å². The highest BCUT2D eigenvalue weighted by atomic mass is 35.5. The number of methoxy groups -OCH3 is 1. The molecule has 0 aliphatic rings. The van der Waals surface area contributed by atoms with Gasteiger partial charge in [-0.15, -0.1) is 5.10 Å². The molecule has 2 aromatic carbocycles. The maximum atomic E-state index is 12.2. The van der Waals surface area contributed by atoms with E-state index in [1.54, 1.807) is 43.5 Å². The average molecular weight is 370 g/mol. The van der Waals surface area contributed by atoms with Crippen molar-refractivity contribution in [2.24, 2.45) is 0 Å². The monoisotopic (exact) mass is 369 g/mol. The van der Waals surface area contributed by atoms with E-state index in [2.05, 4.69) is 15.5 Å². The third-order valence-corrected chi connectivity index (χ3v) is 3.91. The van der Waals surface area contributed by atoms with Crippen LogP contribution in [-0.4, -0.2) is 23.2 Å². The zero-order chi connectivity index (χ0) is 18.1. The first-order chi connectivity index (χ1) is 12.6. The molecule has 1 N–H and O–H groups in total. The van der Waals surface area contributed by atoms with Gasteiger partial charge in [0.2, 0.25) is 0 Å². The number of carbonyl (C=O) groups is 1. The lowest BCUT2D eigenvalue weighted by molar-refractivity contribution is 0.102. The van der Waals surface area contributed by atoms with Crippen LogP contribution in [-0.2, 0) is 0 Å². The summed E-state index contributed by atoms with van der Waals surface area (Å²) in [6, 6.07) is 13.8. The van der Waals surface area contributed by atoms with Gasteiger partial charge in [-0.2, -0.15) is 0 Å². The highest BCUT2D eigenvalue weighted by Gasteiger charge is 2.17. The fourth-order valence-electron chi connectivity index (χ4n) is 2.47. The van der Waals surface area contributed by atoms with E-state index in [9.17, 15) is 4.79 Å². The molecule has 4 aromatic rings. The Morgan fingerprint density at radius 3 is 2.77 bits per heavy atom. The van der Waals surface area contributed by atoms with Gasteiger partial charge in [0.05, 0.1) is 7.11 Å². The quantitative estimate of drug-likeness (QED) is 0.573. The third-order valence-electron chi connectivity index (χ3n) is 3.67. The minimum atomic E-state index is -0.408. The minimum Gasteiger partial charge on any atom is -0.493 e. The number of aromatic nitrogens is 2. The molecule has 0 aliphatic carbocycles. The Morgan fingerprint density at radius 2 is 1.96 bits per heavy atom. The Hall–Kier alpha value is -3.32. The van der Waals surface area contributed by atoms with Gasteiger partial charge in [0.15, 0.2) is 17.1 Å². The highest BCUT2D eigenvalue weighted by molar-refractivity contribution is 6.31. The number of para-hydroxylation sites is 1. The van der Waals surface area contributed by atoms with E-state index in [1.807, 2.05) is 12.1 Å². The topological polar surface area (TPSA) is 90.4 Å². The van der Waals surface area contributed by atoms with E-state index < -0.39 is 5.91 Å². The maximum Gasteiger partial charge on any atom is 0.322 e. The molecular formula is C18H12ClN3O4. The Morgan fingerprint density at radius 1 is 1.12 bits per heavy atom. The van der Waals surface area contributed by atoms with Gasteiger partial charge in [-0.3, -0.25) is 10.1 Å². The van der Waals surface area contributed by atoms with Gasteiger partial charge in [-0.05, 0) is 30.3 Å². The van der Waals surface area contributed by atoms with Crippen molar-refractivity contribution in [2.75, 3.05) is 12.4 Å². The standard InChI is InChI=1S/C18H12ClN3O4/c1-24-13-7-3-4-10-9-14(25-15(10)13)17-21-22-18(26-17)20-16(23)11-5-2-6-12(19)8-11/h2-9H,1H3,(H,20,22,23). The van der Waals surface area contributed by atoms with E-state index in [0.29, 0.717) is 27.7 Å². The molecule has 0 fully saturated rings. The molecule has 0 bridgehead atoms. The fourth-order valence-corrected chi connectivity index (χ4v) is 2.67. The van der Waals surface area contributed by atoms with Crippen LogP contribution >= 0.6 is 11.6 Å². The number of hydrogen-bond donors (Lipinski definition) is 1. The molecule has 0 radical (unpaired) electrons. The zero-order valence-corrected chi connectivity index (χ0v) is 14.3. The predicted molar refractivity (Wildman–Crippen MR) is 95.5 cm³/mol. The van der Waals surface area contributed by atoms with Crippen LogP contribution in [0.1, 0.15) is 10.4 Å². The number of fused-ring (bicyclic) bond motifs is 1. The summed E-state index contributed by atoms with van der Waals surface area (Å²) in [7, 11) is 1.56. The minimum absolute atomic E-state index is 0.0441. The molecule has 7 nitrogen and oxygen atoms in total. The molecule has 0 saturated carbocycles. The number of furan rings is 1. The lowest BCUT2D eigenvalue weighted by Gasteiger charge is -2.00. The molecule has 0 aliphatic heterocycles. The number of hydrogen-bond acceptors (Lipinski definition) is 6. The van der Waals surface area contributed by atoms with Crippen LogP contribution in [0.4, 0.5) is 6.01 Å². The summed E-state index contributed by atoms with van der Waals surface area (Å²) in [6.07, 6.45) is 0. The lowest BCUT2D eigenvalue weighted by atomic mass is 10.2. The van der Waals surface area contributed by atoms with Crippen LogP contribution in [0.15, 0.2) is 57.4 Å². The van der Waals surface area contributed by atoms with E-state index >= 15 is 0 Å². The second-order valence-electron chi connectivity index (χ2n) is 5.37. The maximum absolute atomic E-state index is 12.2. The van der Waals surface area contributed by atoms with Gasteiger partial charge in [0, 0.05) is 16.0 Å². The SMILES string of the molecule is COc1cccc2cc(-c3nnc(NC(=O)c4cccc(Cl)c4)o3)oc12. The molecule has 26 heavy (non-hydrogen) atoms. The first kappa shape index (κ1) is 16.2. The summed E-state index contributed by atoms with van der Waals surface area (Å²) in [6.45, 7) is 0. The molecule has 0 atom stereocenters. The number of benzene rings is 2. The Kier molecular flexibility index (Phi) is 4.06. The van der Waals surface area contributed by atoms with Crippen molar-refractivity contribution in [3.8, 4) is 17.4 Å². The number of amides is 1. The van der Waals surface area contributed by atoms with Crippen molar-refractivity contribution < 1.29 is 18.4 Å². The van der Waals surface area contributed by atoms with Gasteiger partial charge in [0.1, 0.15) is 0 Å². The molecule has 8 heteroatoms. The van der Waals surface area contributed by atoms with Crippen molar-refractivity contribution >= 4 is 34.5 Å². The van der Waals surface area contributed by atoms with Crippen molar-refractivity contribution in [3.05, 3.63) is 59.1 Å². The van der Waals surface area contributed by atoms with Gasteiger partial charge < -0.3 is 13.6 Å². The molecule has 2 heterocycles. The number of halogens is 1. The molecule has 130 valence electrons. The predicted octanol–water partition coefficient (Wildman–Crippen LogP) is 4.40. The average Bonchev–Trinajstić information content (AvgIpc) is 3.27. The highest BCUT2D eigenvalue weighted by Crippen LogP contribution is 2.33. The second kappa shape index (κ2) is 6.53. The summed E-state index contributed by atoms with van der Waals surface area (Å²) in [4.78, 5) is 12.2. The van der Waals surface area contributed by atoms with E-state index in [-0.39, 0.29) is 11.9 Å². The molecular weight excluding hydrogens is 358 g/mol. The van der Waals surface area contributed by atoms with Crippen LogP contribution in [0.3, 0.4) is 0 Å². The van der Waals surface area contributed by atoms with Crippen molar-refractivity contribution in [3.63, 3.8) is 0 Å². The summed E-state index contributed by atoms with van der Waals surface area (Å²) >= 11 is 5.89. The summed E-state index contributed by atoms with van der Waals surface area (Å²) in [5.41, 5.74) is 0.957. The molecule has 4 rings (SSSR count). The number of nitrogens with zero attached hydrogens (tertiary/aromatic N) is 2. The van der Waals surface area contributed by atoms with Crippen molar-refractivity contribution in [1.82, 2.24) is 10.2 Å². The number of ether oxygens (including phenoxy) is 1. The van der Waals surface area contributed by atoms with Gasteiger partial charge >= 0.3 is 6.01 Å². The van der Waals surface area contributed by atoms with Crippen molar-refractivity contribution in [1.29, 1.82) is 0 Å². The normalized spacial score (nSPS) is 10.8. The van der Waals surface area contributed by atoms with Gasteiger partial charge in [-0.25, -0.2) is 0 Å². The zero-order valence-electron chi connectivity index (χ0n) is 13.5. The summed E-state index contributed by atoms with van der Waals surface area (Å²) in [5.74, 6) is 0.710. The summed E-state index contributed by atoms with van der Waals surface area (Å²) in [5, 5.41) is 11.6. The first-order valence-electron chi connectivity index (χ1n) is 7.61. The Bertz CT molecular complexity index is 1100. The smallest absolute Gasteiger partial charge is 0.322 e. The van der Waals surface area contributed by atoms with Crippen LogP contribution in [0.5, 0.6) is 5.75 Å². The number of nitrogens with one attached hydrogen (secondary N) is 1. The van der Waals surface area contributed by atoms with E-state index in [0.717, 1.165) is 5.39 Å². The number of rotatable bonds is 4. The molecule has 2 aromatic heterocycles. The molecule has 1 amide bonds. The van der Waals surface area contributed by atoms with Gasteiger partial charge in [-0.1, -0.05) is 34.9 Å². The molecule has 0 unspecified atom stereocenters. The van der Waals surface area contributed by atoms with Crippen LogP contribution in [0, 0.1) is 0 Å². The molecule has 0 saturated heterocycles. The van der Waals surface area contributed by atoms with Crippen LogP contribution in [0.25, 0.3) is 22.6 Å². The Balaban J connectivity index is 1.59. The fraction of sp³-hybridized carbons (Fsp3) is 0.0556. The second-order valence-corrected chi connectivity index (χ2v) is 5.80. The van der Waals surface area contributed by atoms with Gasteiger partial charge in [0.25, 0.3) is 11.8 Å². The van der Waals surface area contributed by atoms with E-state index in [4.69, 9.17) is 25.2 Å². The Labute approximate surface area is 152 Å².